The molecule has 5 heteroatoms. The van der Waals surface area contributed by atoms with Gasteiger partial charge in [0.1, 0.15) is 6.61 Å². The van der Waals surface area contributed by atoms with Gasteiger partial charge in [0, 0.05) is 6.42 Å². The van der Waals surface area contributed by atoms with Gasteiger partial charge in [-0.1, -0.05) is 6.07 Å². The van der Waals surface area contributed by atoms with E-state index in [4.69, 9.17) is 14.2 Å². The minimum absolute atomic E-state index is 0.325. The Morgan fingerprint density at radius 1 is 1.17 bits per heavy atom. The molecule has 1 unspecified atom stereocenters. The Balaban J connectivity index is 1.94. The number of amides is 1. The molecule has 2 heterocycles. The molecule has 3 rings (SSSR count). The lowest BCUT2D eigenvalue weighted by atomic mass is 9.93. The molecule has 0 aliphatic carbocycles. The predicted molar refractivity (Wildman–Crippen MR) is 63.9 cm³/mol. The molecular weight excluding hydrogens is 234 g/mol. The Kier molecular flexibility index (Phi) is 2.54. The van der Waals surface area contributed by atoms with Crippen molar-refractivity contribution in [2.75, 3.05) is 19.8 Å². The van der Waals surface area contributed by atoms with Crippen molar-refractivity contribution in [2.45, 2.75) is 18.9 Å². The molecule has 96 valence electrons. The Labute approximate surface area is 105 Å². The average Bonchev–Trinajstić information content (AvgIpc) is 2.60. The third-order valence-corrected chi connectivity index (χ3v) is 3.25. The number of ether oxygens (including phenoxy) is 3. The second-order valence-electron chi connectivity index (χ2n) is 4.75. The van der Waals surface area contributed by atoms with E-state index < -0.39 is 5.54 Å². The maximum atomic E-state index is 11.2. The number of fused-ring (bicyclic) bond motifs is 1. The highest BCUT2D eigenvalue weighted by molar-refractivity contribution is 5.71. The van der Waals surface area contributed by atoms with E-state index in [-0.39, 0.29) is 6.09 Å². The van der Waals surface area contributed by atoms with Crippen LogP contribution in [0.25, 0.3) is 0 Å². The molecular formula is C13H15NO4. The number of carbonyl (C=O) groups excluding carboxylic acids is 1. The molecule has 1 N–H and O–H groups in total. The standard InChI is InChI=1S/C13H15NO4/c1-13(8-18-12(15)14-13)9-3-4-10-11(7-9)17-6-2-5-16-10/h3-4,7H,2,5-6,8H2,1H3,(H,14,15). The Hall–Kier alpha value is -1.91. The number of rotatable bonds is 1. The first-order chi connectivity index (χ1) is 8.67. The summed E-state index contributed by atoms with van der Waals surface area (Å²) in [6.07, 6.45) is 0.492. The first-order valence-corrected chi connectivity index (χ1v) is 6.02. The molecule has 0 saturated carbocycles. The molecule has 0 bridgehead atoms. The maximum Gasteiger partial charge on any atom is 0.408 e. The molecule has 5 nitrogen and oxygen atoms in total. The van der Waals surface area contributed by atoms with Gasteiger partial charge in [0.2, 0.25) is 0 Å². The summed E-state index contributed by atoms with van der Waals surface area (Å²) in [5, 5.41) is 2.81. The van der Waals surface area contributed by atoms with E-state index in [2.05, 4.69) is 5.32 Å². The zero-order chi connectivity index (χ0) is 12.6. The van der Waals surface area contributed by atoms with Crippen molar-refractivity contribution >= 4 is 6.09 Å². The van der Waals surface area contributed by atoms with Crippen LogP contribution in [-0.2, 0) is 10.3 Å². The van der Waals surface area contributed by atoms with Crippen LogP contribution in [-0.4, -0.2) is 25.9 Å². The van der Waals surface area contributed by atoms with Gasteiger partial charge < -0.3 is 19.5 Å². The fourth-order valence-corrected chi connectivity index (χ4v) is 2.17. The van der Waals surface area contributed by atoms with Gasteiger partial charge in [-0.2, -0.15) is 0 Å². The second kappa shape index (κ2) is 4.08. The molecule has 1 atom stereocenters. The van der Waals surface area contributed by atoms with Crippen LogP contribution in [0.4, 0.5) is 4.79 Å². The minimum Gasteiger partial charge on any atom is -0.490 e. The van der Waals surface area contributed by atoms with E-state index in [1.54, 1.807) is 0 Å². The quantitative estimate of drug-likeness (QED) is 0.824. The van der Waals surface area contributed by atoms with Crippen LogP contribution in [0.15, 0.2) is 18.2 Å². The van der Waals surface area contributed by atoms with Gasteiger partial charge in [0.15, 0.2) is 11.5 Å². The summed E-state index contributed by atoms with van der Waals surface area (Å²) in [6.45, 7) is 3.57. The fraction of sp³-hybridized carbons (Fsp3) is 0.462. The molecule has 18 heavy (non-hydrogen) atoms. The number of nitrogens with one attached hydrogen (secondary N) is 1. The normalized spacial score (nSPS) is 26.2. The summed E-state index contributed by atoms with van der Waals surface area (Å²) >= 11 is 0. The van der Waals surface area contributed by atoms with E-state index in [9.17, 15) is 4.79 Å². The first kappa shape index (κ1) is 11.2. The second-order valence-corrected chi connectivity index (χ2v) is 4.75. The summed E-state index contributed by atoms with van der Waals surface area (Å²) in [4.78, 5) is 11.2. The highest BCUT2D eigenvalue weighted by atomic mass is 16.6. The van der Waals surface area contributed by atoms with Gasteiger partial charge in [-0.15, -0.1) is 0 Å². The monoisotopic (exact) mass is 249 g/mol. The number of hydrogen-bond acceptors (Lipinski definition) is 4. The van der Waals surface area contributed by atoms with Gasteiger partial charge >= 0.3 is 6.09 Å². The van der Waals surface area contributed by atoms with Crippen LogP contribution in [0.3, 0.4) is 0 Å². The van der Waals surface area contributed by atoms with Gasteiger partial charge in [-0.25, -0.2) is 4.79 Å². The zero-order valence-electron chi connectivity index (χ0n) is 10.2. The summed E-state index contributed by atoms with van der Waals surface area (Å²) < 4.78 is 16.2. The van der Waals surface area contributed by atoms with Crippen LogP contribution < -0.4 is 14.8 Å². The summed E-state index contributed by atoms with van der Waals surface area (Å²) in [6, 6.07) is 5.73. The Morgan fingerprint density at radius 2 is 1.94 bits per heavy atom. The lowest BCUT2D eigenvalue weighted by Gasteiger charge is -2.22. The minimum atomic E-state index is -0.498. The Bertz CT molecular complexity index is 488. The van der Waals surface area contributed by atoms with E-state index in [1.807, 2.05) is 25.1 Å². The van der Waals surface area contributed by atoms with Crippen molar-refractivity contribution < 1.29 is 19.0 Å². The van der Waals surface area contributed by atoms with Crippen molar-refractivity contribution in [1.29, 1.82) is 0 Å². The van der Waals surface area contributed by atoms with Crippen molar-refractivity contribution in [1.82, 2.24) is 5.32 Å². The number of hydrogen-bond donors (Lipinski definition) is 1. The molecule has 1 fully saturated rings. The van der Waals surface area contributed by atoms with Crippen molar-refractivity contribution in [3.63, 3.8) is 0 Å². The molecule has 1 amide bonds. The number of benzene rings is 1. The van der Waals surface area contributed by atoms with Crippen molar-refractivity contribution in [2.24, 2.45) is 0 Å². The molecule has 2 aliphatic rings. The lowest BCUT2D eigenvalue weighted by Crippen LogP contribution is -2.37. The molecule has 0 aromatic heterocycles. The first-order valence-electron chi connectivity index (χ1n) is 6.02. The molecule has 0 spiro atoms. The molecule has 1 saturated heterocycles. The fourth-order valence-electron chi connectivity index (χ4n) is 2.17. The van der Waals surface area contributed by atoms with E-state index in [1.165, 1.54) is 0 Å². The third kappa shape index (κ3) is 1.85. The predicted octanol–water partition coefficient (Wildman–Crippen LogP) is 1.80. The van der Waals surface area contributed by atoms with Crippen molar-refractivity contribution in [3.05, 3.63) is 23.8 Å². The lowest BCUT2D eigenvalue weighted by molar-refractivity contribution is 0.173. The van der Waals surface area contributed by atoms with Crippen LogP contribution in [0.1, 0.15) is 18.9 Å². The van der Waals surface area contributed by atoms with Crippen LogP contribution in [0, 0.1) is 0 Å². The van der Waals surface area contributed by atoms with Crippen LogP contribution in [0.5, 0.6) is 11.5 Å². The van der Waals surface area contributed by atoms with Gasteiger partial charge in [0.25, 0.3) is 0 Å². The summed E-state index contributed by atoms with van der Waals surface area (Å²) in [7, 11) is 0. The van der Waals surface area contributed by atoms with Crippen LogP contribution in [0.2, 0.25) is 0 Å². The van der Waals surface area contributed by atoms with Gasteiger partial charge in [-0.3, -0.25) is 0 Å². The maximum absolute atomic E-state index is 11.2. The molecule has 1 aromatic rings. The summed E-state index contributed by atoms with van der Waals surface area (Å²) in [5.41, 5.74) is 0.458. The van der Waals surface area contributed by atoms with Crippen LogP contribution >= 0.6 is 0 Å². The average molecular weight is 249 g/mol. The topological polar surface area (TPSA) is 56.8 Å². The van der Waals surface area contributed by atoms with Crippen molar-refractivity contribution in [3.8, 4) is 11.5 Å². The highest BCUT2D eigenvalue weighted by Crippen LogP contribution is 2.35. The largest absolute Gasteiger partial charge is 0.490 e. The number of alkyl carbamates (subject to hydrolysis) is 1. The smallest absolute Gasteiger partial charge is 0.408 e. The van der Waals surface area contributed by atoms with E-state index in [0.717, 1.165) is 23.5 Å². The number of cyclic esters (lactones) is 1. The van der Waals surface area contributed by atoms with Gasteiger partial charge in [0.05, 0.1) is 18.8 Å². The third-order valence-electron chi connectivity index (χ3n) is 3.25. The molecule has 0 radical (unpaired) electrons. The SMILES string of the molecule is CC1(c2ccc3c(c2)OCCCO3)COC(=O)N1. The highest BCUT2D eigenvalue weighted by Gasteiger charge is 2.37. The van der Waals surface area contributed by atoms with E-state index in [0.29, 0.717) is 19.8 Å². The van der Waals surface area contributed by atoms with E-state index >= 15 is 0 Å². The van der Waals surface area contributed by atoms with Gasteiger partial charge in [-0.05, 0) is 24.6 Å². The Morgan fingerprint density at radius 3 is 2.67 bits per heavy atom. The zero-order valence-corrected chi connectivity index (χ0v) is 10.2. The number of carbonyl (C=O) groups is 1. The summed E-state index contributed by atoms with van der Waals surface area (Å²) in [5.74, 6) is 1.48. The molecule has 1 aromatic carbocycles. The molecule has 2 aliphatic heterocycles.